The van der Waals surface area contributed by atoms with Crippen molar-refractivity contribution in [1.82, 2.24) is 4.98 Å². The molecule has 1 heterocycles. The number of hydrogen-bond acceptors (Lipinski definition) is 2. The highest BCUT2D eigenvalue weighted by Crippen LogP contribution is 2.24. The molecule has 0 aliphatic rings. The maximum atomic E-state index is 12.2. The zero-order chi connectivity index (χ0) is 11.5. The second-order valence-electron chi connectivity index (χ2n) is 3.37. The summed E-state index contributed by atoms with van der Waals surface area (Å²) in [6.45, 7) is 1.98. The lowest BCUT2D eigenvalue weighted by Crippen LogP contribution is -1.96. The highest BCUT2D eigenvalue weighted by molar-refractivity contribution is 9.10. The van der Waals surface area contributed by atoms with E-state index in [9.17, 15) is 4.21 Å². The molecule has 1 aromatic carbocycles. The minimum atomic E-state index is -1.23. The van der Waals surface area contributed by atoms with Gasteiger partial charge in [-0.05, 0) is 52.7 Å². The van der Waals surface area contributed by atoms with Crippen molar-refractivity contribution in [2.45, 2.75) is 16.8 Å². The SMILES string of the molecule is Cc1ccc(Br)c(S(=O)c2ccccn2)c1. The van der Waals surface area contributed by atoms with Crippen LogP contribution in [0.2, 0.25) is 0 Å². The Kier molecular flexibility index (Phi) is 3.51. The number of hydrogen-bond donors (Lipinski definition) is 0. The van der Waals surface area contributed by atoms with Crippen molar-refractivity contribution in [3.63, 3.8) is 0 Å². The molecule has 2 aromatic rings. The molecule has 0 saturated heterocycles. The number of benzene rings is 1. The number of nitrogens with zero attached hydrogens (tertiary/aromatic N) is 1. The Morgan fingerprint density at radius 1 is 1.25 bits per heavy atom. The number of rotatable bonds is 2. The lowest BCUT2D eigenvalue weighted by Gasteiger charge is -2.05. The second-order valence-corrected chi connectivity index (χ2v) is 5.62. The minimum absolute atomic E-state index is 0.578. The average Bonchev–Trinajstić information content (AvgIpc) is 2.32. The summed E-state index contributed by atoms with van der Waals surface area (Å²) in [6, 6.07) is 11.2. The first-order chi connectivity index (χ1) is 7.68. The van der Waals surface area contributed by atoms with E-state index in [0.717, 1.165) is 14.9 Å². The number of aryl methyl sites for hydroxylation is 1. The van der Waals surface area contributed by atoms with E-state index < -0.39 is 10.8 Å². The molecule has 0 saturated carbocycles. The van der Waals surface area contributed by atoms with Crippen molar-refractivity contribution in [3.05, 3.63) is 52.6 Å². The third-order valence-corrected chi connectivity index (χ3v) is 4.43. The van der Waals surface area contributed by atoms with Crippen molar-refractivity contribution in [3.8, 4) is 0 Å². The Bertz CT molecular complexity index is 528. The molecule has 16 heavy (non-hydrogen) atoms. The molecule has 0 radical (unpaired) electrons. The van der Waals surface area contributed by atoms with Crippen LogP contribution in [0, 0.1) is 6.92 Å². The molecule has 1 aromatic heterocycles. The van der Waals surface area contributed by atoms with Gasteiger partial charge in [0.05, 0.1) is 4.90 Å². The molecule has 0 aliphatic carbocycles. The van der Waals surface area contributed by atoms with Gasteiger partial charge in [-0.2, -0.15) is 0 Å². The molecular formula is C12H10BrNOS. The van der Waals surface area contributed by atoms with Gasteiger partial charge in [-0.25, -0.2) is 9.19 Å². The zero-order valence-electron chi connectivity index (χ0n) is 8.68. The Balaban J connectivity index is 2.46. The lowest BCUT2D eigenvalue weighted by molar-refractivity contribution is 0.680. The molecule has 0 aliphatic heterocycles. The predicted molar refractivity (Wildman–Crippen MR) is 67.8 cm³/mol. The smallest absolute Gasteiger partial charge is 0.132 e. The summed E-state index contributed by atoms with van der Waals surface area (Å²) in [4.78, 5) is 4.87. The maximum absolute atomic E-state index is 12.2. The molecular weight excluding hydrogens is 286 g/mol. The summed E-state index contributed by atoms with van der Waals surface area (Å²) in [6.07, 6.45) is 1.65. The van der Waals surface area contributed by atoms with Gasteiger partial charge in [0.15, 0.2) is 0 Å². The van der Waals surface area contributed by atoms with Crippen LogP contribution in [0.3, 0.4) is 0 Å². The molecule has 0 fully saturated rings. The predicted octanol–water partition coefficient (Wildman–Crippen LogP) is 3.32. The quantitative estimate of drug-likeness (QED) is 0.851. The highest BCUT2D eigenvalue weighted by atomic mass is 79.9. The van der Waals surface area contributed by atoms with Gasteiger partial charge in [0.1, 0.15) is 15.8 Å². The van der Waals surface area contributed by atoms with Crippen LogP contribution in [-0.4, -0.2) is 9.19 Å². The summed E-state index contributed by atoms with van der Waals surface area (Å²) in [7, 11) is -1.23. The van der Waals surface area contributed by atoms with E-state index in [0.29, 0.717) is 5.03 Å². The van der Waals surface area contributed by atoms with Crippen molar-refractivity contribution < 1.29 is 4.21 Å². The fourth-order valence-corrected chi connectivity index (χ4v) is 3.13. The standard InChI is InChI=1S/C12H10BrNOS/c1-9-5-6-10(13)11(8-9)16(15)12-4-2-3-7-14-12/h2-8H,1H3. The van der Waals surface area contributed by atoms with E-state index in [1.54, 1.807) is 12.3 Å². The van der Waals surface area contributed by atoms with Gasteiger partial charge in [-0.15, -0.1) is 0 Å². The number of aromatic nitrogens is 1. The molecule has 0 amide bonds. The van der Waals surface area contributed by atoms with Gasteiger partial charge < -0.3 is 0 Å². The van der Waals surface area contributed by atoms with Crippen LogP contribution in [-0.2, 0) is 10.8 Å². The van der Waals surface area contributed by atoms with Gasteiger partial charge >= 0.3 is 0 Å². The minimum Gasteiger partial charge on any atom is -0.247 e. The molecule has 0 bridgehead atoms. The Morgan fingerprint density at radius 3 is 2.75 bits per heavy atom. The van der Waals surface area contributed by atoms with Gasteiger partial charge in [0.25, 0.3) is 0 Å². The summed E-state index contributed by atoms with van der Waals surface area (Å²) in [5, 5.41) is 0.578. The van der Waals surface area contributed by atoms with Crippen LogP contribution < -0.4 is 0 Å². The van der Waals surface area contributed by atoms with Gasteiger partial charge in [0, 0.05) is 10.7 Å². The van der Waals surface area contributed by atoms with Crippen molar-refractivity contribution in [1.29, 1.82) is 0 Å². The molecule has 2 nitrogen and oxygen atoms in total. The summed E-state index contributed by atoms with van der Waals surface area (Å²) in [5.74, 6) is 0. The lowest BCUT2D eigenvalue weighted by atomic mass is 10.2. The number of halogens is 1. The van der Waals surface area contributed by atoms with Crippen LogP contribution in [0.15, 0.2) is 57.0 Å². The van der Waals surface area contributed by atoms with Crippen molar-refractivity contribution in [2.24, 2.45) is 0 Å². The maximum Gasteiger partial charge on any atom is 0.132 e. The largest absolute Gasteiger partial charge is 0.247 e. The molecule has 82 valence electrons. The first-order valence-electron chi connectivity index (χ1n) is 4.77. The van der Waals surface area contributed by atoms with Crippen LogP contribution >= 0.6 is 15.9 Å². The Labute approximate surface area is 105 Å². The third-order valence-electron chi connectivity index (χ3n) is 2.11. The molecule has 0 N–H and O–H groups in total. The monoisotopic (exact) mass is 295 g/mol. The van der Waals surface area contributed by atoms with Crippen LogP contribution in [0.4, 0.5) is 0 Å². The van der Waals surface area contributed by atoms with E-state index in [1.807, 2.05) is 37.3 Å². The van der Waals surface area contributed by atoms with Crippen molar-refractivity contribution >= 4 is 26.7 Å². The van der Waals surface area contributed by atoms with Crippen LogP contribution in [0.25, 0.3) is 0 Å². The fraction of sp³-hybridized carbons (Fsp3) is 0.0833. The van der Waals surface area contributed by atoms with Crippen LogP contribution in [0.5, 0.6) is 0 Å². The molecule has 1 unspecified atom stereocenters. The van der Waals surface area contributed by atoms with Gasteiger partial charge in [0.2, 0.25) is 0 Å². The second kappa shape index (κ2) is 4.89. The Hall–Kier alpha value is -1.00. The normalized spacial score (nSPS) is 12.4. The summed E-state index contributed by atoms with van der Waals surface area (Å²) >= 11 is 3.41. The summed E-state index contributed by atoms with van der Waals surface area (Å²) in [5.41, 5.74) is 1.09. The molecule has 0 spiro atoms. The zero-order valence-corrected chi connectivity index (χ0v) is 11.1. The highest BCUT2D eigenvalue weighted by Gasteiger charge is 2.11. The first kappa shape index (κ1) is 11.5. The van der Waals surface area contributed by atoms with E-state index in [-0.39, 0.29) is 0 Å². The molecule has 1 atom stereocenters. The number of pyridine rings is 1. The fourth-order valence-electron chi connectivity index (χ4n) is 1.32. The van der Waals surface area contributed by atoms with E-state index >= 15 is 0 Å². The van der Waals surface area contributed by atoms with E-state index in [4.69, 9.17) is 0 Å². The van der Waals surface area contributed by atoms with E-state index in [2.05, 4.69) is 20.9 Å². The molecule has 4 heteroatoms. The third kappa shape index (κ3) is 2.39. The van der Waals surface area contributed by atoms with Gasteiger partial charge in [-0.3, -0.25) is 0 Å². The van der Waals surface area contributed by atoms with Crippen molar-refractivity contribution in [2.75, 3.05) is 0 Å². The Morgan fingerprint density at radius 2 is 2.06 bits per heavy atom. The van der Waals surface area contributed by atoms with Gasteiger partial charge in [-0.1, -0.05) is 12.1 Å². The summed E-state index contributed by atoms with van der Waals surface area (Å²) < 4.78 is 13.1. The topological polar surface area (TPSA) is 30.0 Å². The average molecular weight is 296 g/mol. The molecule has 2 rings (SSSR count). The van der Waals surface area contributed by atoms with E-state index in [1.165, 1.54) is 0 Å². The van der Waals surface area contributed by atoms with Crippen LogP contribution in [0.1, 0.15) is 5.56 Å². The first-order valence-corrected chi connectivity index (χ1v) is 6.72.